The van der Waals surface area contributed by atoms with Crippen LogP contribution in [0.5, 0.6) is 5.75 Å². The largest absolute Gasteiger partial charge is 0.489 e. The van der Waals surface area contributed by atoms with Gasteiger partial charge in [-0.15, -0.1) is 0 Å². The molecule has 0 saturated carbocycles. The van der Waals surface area contributed by atoms with Gasteiger partial charge in [-0.05, 0) is 71.8 Å². The molecule has 0 heterocycles. The Kier molecular flexibility index (Phi) is 8.84. The highest BCUT2D eigenvalue weighted by Crippen LogP contribution is 2.22. The quantitative estimate of drug-likeness (QED) is 0.246. The molecular weight excluding hydrogens is 531 g/mol. The smallest absolute Gasteiger partial charge is 0.243 e. The van der Waals surface area contributed by atoms with Crippen LogP contribution in [0.1, 0.15) is 11.1 Å². The number of nitrogens with zero attached hydrogens (tertiary/aromatic N) is 1. The van der Waals surface area contributed by atoms with Crippen molar-refractivity contribution in [1.82, 2.24) is 4.31 Å². The van der Waals surface area contributed by atoms with Gasteiger partial charge in [-0.25, -0.2) is 8.42 Å². The molecule has 1 N–H and O–H groups in total. The Labute approximate surface area is 226 Å². The predicted molar refractivity (Wildman–Crippen MR) is 146 cm³/mol. The summed E-state index contributed by atoms with van der Waals surface area (Å²) in [5, 5.41) is 3.70. The number of anilines is 1. The van der Waals surface area contributed by atoms with Crippen molar-refractivity contribution in [3.63, 3.8) is 0 Å². The van der Waals surface area contributed by atoms with Crippen LogP contribution >= 0.6 is 23.2 Å². The maximum atomic E-state index is 13.4. The van der Waals surface area contributed by atoms with E-state index in [1.165, 1.54) is 24.3 Å². The lowest BCUT2D eigenvalue weighted by Crippen LogP contribution is -2.37. The molecule has 0 bridgehead atoms. The number of hydrogen-bond acceptors (Lipinski definition) is 4. The maximum Gasteiger partial charge on any atom is 0.243 e. The number of halogens is 2. The van der Waals surface area contributed by atoms with E-state index in [0.29, 0.717) is 33.7 Å². The third-order valence-electron chi connectivity index (χ3n) is 5.43. The van der Waals surface area contributed by atoms with Crippen LogP contribution in [-0.4, -0.2) is 25.2 Å². The first-order valence-electron chi connectivity index (χ1n) is 11.4. The van der Waals surface area contributed by atoms with Gasteiger partial charge < -0.3 is 10.1 Å². The van der Waals surface area contributed by atoms with E-state index in [9.17, 15) is 13.2 Å². The molecule has 0 atom stereocenters. The van der Waals surface area contributed by atoms with E-state index in [4.69, 9.17) is 27.9 Å². The molecule has 37 heavy (non-hydrogen) atoms. The van der Waals surface area contributed by atoms with Crippen molar-refractivity contribution in [2.45, 2.75) is 18.0 Å². The highest BCUT2D eigenvalue weighted by atomic mass is 35.5. The molecule has 190 valence electrons. The fourth-order valence-corrected chi connectivity index (χ4v) is 5.15. The number of sulfonamides is 1. The molecular formula is C28H24Cl2N2O4S. The molecule has 0 aliphatic heterocycles. The van der Waals surface area contributed by atoms with Crippen molar-refractivity contribution in [1.29, 1.82) is 0 Å². The van der Waals surface area contributed by atoms with Crippen LogP contribution in [0.3, 0.4) is 0 Å². The summed E-state index contributed by atoms with van der Waals surface area (Å²) >= 11 is 11.9. The number of ether oxygens (including phenoxy) is 1. The number of amides is 1. The third-order valence-corrected chi connectivity index (χ3v) is 7.74. The second-order valence-electron chi connectivity index (χ2n) is 8.20. The van der Waals surface area contributed by atoms with Gasteiger partial charge >= 0.3 is 0 Å². The average molecular weight is 555 g/mol. The minimum atomic E-state index is -3.99. The van der Waals surface area contributed by atoms with Gasteiger partial charge in [0.25, 0.3) is 0 Å². The molecule has 0 fully saturated rings. The van der Waals surface area contributed by atoms with Crippen molar-refractivity contribution in [3.8, 4) is 5.75 Å². The summed E-state index contributed by atoms with van der Waals surface area (Å²) in [5.41, 5.74) is 2.25. The summed E-state index contributed by atoms with van der Waals surface area (Å²) in [6, 6.07) is 29.3. The second kappa shape index (κ2) is 12.3. The molecule has 1 amide bonds. The SMILES string of the molecule is O=C(CN(Cc1ccc(Cl)cc1)S(=O)(=O)c1ccc(Cl)cc1)Nc1ccc(OCc2ccccc2)cc1. The lowest BCUT2D eigenvalue weighted by molar-refractivity contribution is -0.116. The minimum absolute atomic E-state index is 0.0121. The zero-order valence-electron chi connectivity index (χ0n) is 19.7. The van der Waals surface area contributed by atoms with Crippen molar-refractivity contribution in [3.05, 3.63) is 124 Å². The van der Waals surface area contributed by atoms with Crippen molar-refractivity contribution < 1.29 is 17.9 Å². The monoisotopic (exact) mass is 554 g/mol. The van der Waals surface area contributed by atoms with E-state index >= 15 is 0 Å². The van der Waals surface area contributed by atoms with Gasteiger partial charge in [0.1, 0.15) is 12.4 Å². The van der Waals surface area contributed by atoms with Crippen molar-refractivity contribution in [2.75, 3.05) is 11.9 Å². The summed E-state index contributed by atoms with van der Waals surface area (Å²) in [7, 11) is -3.99. The van der Waals surface area contributed by atoms with Gasteiger partial charge in [0.05, 0.1) is 11.4 Å². The Morgan fingerprint density at radius 2 is 1.35 bits per heavy atom. The standard InChI is InChI=1S/C28H24Cl2N2O4S/c29-23-8-6-21(7-9-23)18-32(37(34,35)27-16-10-24(30)11-17-27)19-28(33)31-25-12-14-26(15-13-25)36-20-22-4-2-1-3-5-22/h1-17H,18-20H2,(H,31,33). The van der Waals surface area contributed by atoms with E-state index in [1.54, 1.807) is 48.5 Å². The molecule has 0 radical (unpaired) electrons. The molecule has 0 unspecified atom stereocenters. The Morgan fingerprint density at radius 1 is 0.757 bits per heavy atom. The molecule has 6 nitrogen and oxygen atoms in total. The first-order valence-corrected chi connectivity index (χ1v) is 13.6. The zero-order chi connectivity index (χ0) is 26.3. The number of benzene rings is 4. The molecule has 4 aromatic carbocycles. The van der Waals surface area contributed by atoms with Gasteiger partial charge in [-0.1, -0.05) is 65.7 Å². The normalized spacial score (nSPS) is 11.3. The summed E-state index contributed by atoms with van der Waals surface area (Å²) in [5.74, 6) is 0.168. The Bertz CT molecular complexity index is 1430. The first kappa shape index (κ1) is 26.7. The summed E-state index contributed by atoms with van der Waals surface area (Å²) in [4.78, 5) is 12.9. The van der Waals surface area contributed by atoms with Crippen LogP contribution in [0.25, 0.3) is 0 Å². The maximum absolute atomic E-state index is 13.4. The van der Waals surface area contributed by atoms with E-state index in [0.717, 1.165) is 9.87 Å². The van der Waals surface area contributed by atoms with Crippen LogP contribution in [0.4, 0.5) is 5.69 Å². The van der Waals surface area contributed by atoms with E-state index in [-0.39, 0.29) is 18.0 Å². The molecule has 0 saturated heterocycles. The molecule has 4 aromatic rings. The summed E-state index contributed by atoms with van der Waals surface area (Å²) < 4.78 is 33.7. The summed E-state index contributed by atoms with van der Waals surface area (Å²) in [6.07, 6.45) is 0. The minimum Gasteiger partial charge on any atom is -0.489 e. The molecule has 9 heteroatoms. The van der Waals surface area contributed by atoms with Crippen LogP contribution in [0.2, 0.25) is 10.0 Å². The van der Waals surface area contributed by atoms with Gasteiger partial charge in [0.15, 0.2) is 0 Å². The predicted octanol–water partition coefficient (Wildman–Crippen LogP) is 6.40. The van der Waals surface area contributed by atoms with Crippen molar-refractivity contribution in [2.24, 2.45) is 0 Å². The molecule has 4 rings (SSSR count). The highest BCUT2D eigenvalue weighted by molar-refractivity contribution is 7.89. The van der Waals surface area contributed by atoms with Crippen LogP contribution < -0.4 is 10.1 Å². The second-order valence-corrected chi connectivity index (χ2v) is 11.0. The van der Waals surface area contributed by atoms with Crippen molar-refractivity contribution >= 4 is 44.8 Å². The molecule has 0 aromatic heterocycles. The molecule has 0 aliphatic carbocycles. The van der Waals surface area contributed by atoms with Gasteiger partial charge in [0, 0.05) is 22.3 Å². The number of carbonyl (C=O) groups excluding carboxylic acids is 1. The highest BCUT2D eigenvalue weighted by Gasteiger charge is 2.27. The van der Waals surface area contributed by atoms with Gasteiger partial charge in [-0.2, -0.15) is 4.31 Å². The molecule has 0 spiro atoms. The van der Waals surface area contributed by atoms with E-state index in [2.05, 4.69) is 5.32 Å². The topological polar surface area (TPSA) is 75.7 Å². The van der Waals surface area contributed by atoms with Crippen LogP contribution in [0, 0.1) is 0 Å². The number of nitrogens with one attached hydrogen (secondary N) is 1. The Morgan fingerprint density at radius 3 is 1.97 bits per heavy atom. The number of carbonyl (C=O) groups is 1. The fraction of sp³-hybridized carbons (Fsp3) is 0.107. The van der Waals surface area contributed by atoms with Gasteiger partial charge in [0.2, 0.25) is 15.9 Å². The number of rotatable bonds is 10. The van der Waals surface area contributed by atoms with E-state index in [1.807, 2.05) is 30.3 Å². The molecule has 0 aliphatic rings. The summed E-state index contributed by atoms with van der Waals surface area (Å²) in [6.45, 7) is 0.0242. The lowest BCUT2D eigenvalue weighted by Gasteiger charge is -2.22. The van der Waals surface area contributed by atoms with Crippen LogP contribution in [0.15, 0.2) is 108 Å². The zero-order valence-corrected chi connectivity index (χ0v) is 22.0. The Balaban J connectivity index is 1.45. The van der Waals surface area contributed by atoms with Crippen LogP contribution in [-0.2, 0) is 28.0 Å². The average Bonchev–Trinajstić information content (AvgIpc) is 2.90. The lowest BCUT2D eigenvalue weighted by atomic mass is 10.2. The third kappa shape index (κ3) is 7.57. The first-order chi connectivity index (χ1) is 17.8. The fourth-order valence-electron chi connectivity index (χ4n) is 3.51. The van der Waals surface area contributed by atoms with E-state index < -0.39 is 15.9 Å². The Hall–Kier alpha value is -3.36. The van der Waals surface area contributed by atoms with Gasteiger partial charge in [-0.3, -0.25) is 4.79 Å². The number of hydrogen-bond donors (Lipinski definition) is 1.